The molecule has 33 heavy (non-hydrogen) atoms. The fraction of sp³-hybridized carbons (Fsp3) is 0.0741. The van der Waals surface area contributed by atoms with Crippen LogP contribution < -0.4 is 4.74 Å². The summed E-state index contributed by atoms with van der Waals surface area (Å²) in [7, 11) is 0. The highest BCUT2D eigenvalue weighted by atomic mass is 16.5. The number of benzene rings is 4. The van der Waals surface area contributed by atoms with Gasteiger partial charge in [0.1, 0.15) is 24.7 Å². The highest BCUT2D eigenvalue weighted by molar-refractivity contribution is 5.83. The van der Waals surface area contributed by atoms with Crippen molar-refractivity contribution in [3.8, 4) is 17.2 Å². The maximum atomic E-state index is 6.13. The molecule has 0 unspecified atom stereocenters. The monoisotopic (exact) mass is 432 g/mol. The lowest BCUT2D eigenvalue weighted by atomic mass is 10.1. The zero-order valence-corrected chi connectivity index (χ0v) is 17.8. The molecule has 0 spiro atoms. The van der Waals surface area contributed by atoms with Gasteiger partial charge in [0.15, 0.2) is 0 Å². The molecule has 0 atom stereocenters. The molecule has 6 aromatic rings. The van der Waals surface area contributed by atoms with Crippen molar-refractivity contribution >= 4 is 21.8 Å². The van der Waals surface area contributed by atoms with E-state index in [0.29, 0.717) is 24.9 Å². The van der Waals surface area contributed by atoms with Crippen LogP contribution in [0.3, 0.4) is 0 Å². The van der Waals surface area contributed by atoms with Crippen LogP contribution in [0.1, 0.15) is 11.7 Å². The van der Waals surface area contributed by atoms with Crippen LogP contribution in [0, 0.1) is 0 Å². The van der Waals surface area contributed by atoms with E-state index in [1.54, 1.807) is 0 Å². The molecule has 160 valence electrons. The van der Waals surface area contributed by atoms with Crippen molar-refractivity contribution in [2.45, 2.75) is 13.2 Å². The minimum atomic E-state index is 0.326. The maximum Gasteiger partial charge on any atom is 0.247 e. The lowest BCUT2D eigenvalue weighted by Gasteiger charge is -2.09. The Labute approximate surface area is 190 Å². The molecule has 0 aliphatic rings. The van der Waals surface area contributed by atoms with Crippen molar-refractivity contribution in [1.82, 2.24) is 19.7 Å². The molecule has 0 bridgehead atoms. The molecule has 0 fully saturated rings. The van der Waals surface area contributed by atoms with Gasteiger partial charge in [-0.25, -0.2) is 4.98 Å². The van der Waals surface area contributed by atoms with E-state index in [4.69, 9.17) is 14.1 Å². The summed E-state index contributed by atoms with van der Waals surface area (Å²) in [5, 5.41) is 10.8. The number of nitrogens with zero attached hydrogens (tertiary/aromatic N) is 4. The van der Waals surface area contributed by atoms with Crippen LogP contribution in [0.25, 0.3) is 33.3 Å². The smallest absolute Gasteiger partial charge is 0.247 e. The first kappa shape index (κ1) is 19.3. The van der Waals surface area contributed by atoms with Crippen molar-refractivity contribution < 1.29 is 9.15 Å². The summed E-state index contributed by atoms with van der Waals surface area (Å²) in [4.78, 5) is 4.80. The molecular formula is C27H20N4O2. The van der Waals surface area contributed by atoms with E-state index in [-0.39, 0.29) is 0 Å². The molecule has 0 N–H and O–H groups in total. The van der Waals surface area contributed by atoms with Crippen LogP contribution in [0.2, 0.25) is 0 Å². The molecule has 0 saturated carbocycles. The SMILES string of the molecule is c1ccc(-c2nnc(Cn3c(COc4ccc5ccccc5c4)nc4ccccc43)o2)cc1. The van der Waals surface area contributed by atoms with Crippen molar-refractivity contribution in [3.63, 3.8) is 0 Å². The molecule has 2 heterocycles. The van der Waals surface area contributed by atoms with Gasteiger partial charge < -0.3 is 13.7 Å². The average Bonchev–Trinajstić information content (AvgIpc) is 3.48. The minimum absolute atomic E-state index is 0.326. The van der Waals surface area contributed by atoms with E-state index < -0.39 is 0 Å². The van der Waals surface area contributed by atoms with Gasteiger partial charge in [-0.15, -0.1) is 10.2 Å². The molecule has 0 saturated heterocycles. The van der Waals surface area contributed by atoms with E-state index in [1.165, 1.54) is 5.39 Å². The van der Waals surface area contributed by atoms with E-state index in [0.717, 1.165) is 33.6 Å². The molecule has 6 rings (SSSR count). The van der Waals surface area contributed by atoms with Crippen molar-refractivity contribution in [2.24, 2.45) is 0 Å². The number of para-hydroxylation sites is 2. The predicted octanol–water partition coefficient (Wildman–Crippen LogP) is 5.87. The molecular weight excluding hydrogens is 412 g/mol. The van der Waals surface area contributed by atoms with Crippen LogP contribution >= 0.6 is 0 Å². The Hall–Kier alpha value is -4.45. The third kappa shape index (κ3) is 3.83. The number of ether oxygens (including phenoxy) is 1. The van der Waals surface area contributed by atoms with Crippen molar-refractivity contribution in [3.05, 3.63) is 109 Å². The van der Waals surface area contributed by atoms with Gasteiger partial charge in [0.25, 0.3) is 0 Å². The van der Waals surface area contributed by atoms with Gasteiger partial charge in [0.2, 0.25) is 11.8 Å². The number of imidazole rings is 1. The predicted molar refractivity (Wildman–Crippen MR) is 127 cm³/mol. The Morgan fingerprint density at radius 3 is 2.45 bits per heavy atom. The van der Waals surface area contributed by atoms with Crippen LogP contribution in [-0.2, 0) is 13.2 Å². The summed E-state index contributed by atoms with van der Waals surface area (Å²) in [5.41, 5.74) is 2.79. The van der Waals surface area contributed by atoms with Crippen LogP contribution in [0.4, 0.5) is 0 Å². The maximum absolute atomic E-state index is 6.13. The number of aromatic nitrogens is 4. The fourth-order valence-corrected chi connectivity index (χ4v) is 3.97. The summed E-state index contributed by atoms with van der Waals surface area (Å²) < 4.78 is 14.1. The first-order valence-corrected chi connectivity index (χ1v) is 10.8. The second-order valence-electron chi connectivity index (χ2n) is 7.77. The zero-order valence-electron chi connectivity index (χ0n) is 17.8. The van der Waals surface area contributed by atoms with Gasteiger partial charge in [-0.3, -0.25) is 0 Å². The Morgan fingerprint density at radius 2 is 1.55 bits per heavy atom. The molecule has 4 aromatic carbocycles. The third-order valence-electron chi connectivity index (χ3n) is 5.60. The van der Waals surface area contributed by atoms with Crippen molar-refractivity contribution in [2.75, 3.05) is 0 Å². The minimum Gasteiger partial charge on any atom is -0.486 e. The van der Waals surface area contributed by atoms with Gasteiger partial charge >= 0.3 is 0 Å². The van der Waals surface area contributed by atoms with Crippen LogP contribution in [-0.4, -0.2) is 19.7 Å². The Morgan fingerprint density at radius 1 is 0.758 bits per heavy atom. The molecule has 6 heteroatoms. The van der Waals surface area contributed by atoms with Gasteiger partial charge in [-0.05, 0) is 47.2 Å². The Kier molecular flexibility index (Phi) is 4.81. The van der Waals surface area contributed by atoms with Crippen LogP contribution in [0.15, 0.2) is 101 Å². The molecule has 0 aliphatic heterocycles. The fourth-order valence-electron chi connectivity index (χ4n) is 3.97. The molecule has 0 amide bonds. The number of rotatable bonds is 6. The Balaban J connectivity index is 1.29. The number of hydrogen-bond acceptors (Lipinski definition) is 5. The zero-order chi connectivity index (χ0) is 22.0. The van der Waals surface area contributed by atoms with Gasteiger partial charge in [0.05, 0.1) is 11.0 Å². The van der Waals surface area contributed by atoms with Crippen LogP contribution in [0.5, 0.6) is 5.75 Å². The largest absolute Gasteiger partial charge is 0.486 e. The first-order valence-electron chi connectivity index (χ1n) is 10.8. The summed E-state index contributed by atoms with van der Waals surface area (Å²) in [6, 6.07) is 32.1. The first-order chi connectivity index (χ1) is 16.3. The van der Waals surface area contributed by atoms with E-state index in [2.05, 4.69) is 33.0 Å². The van der Waals surface area contributed by atoms with Gasteiger partial charge in [0, 0.05) is 5.56 Å². The van der Waals surface area contributed by atoms with Crippen molar-refractivity contribution in [1.29, 1.82) is 0 Å². The topological polar surface area (TPSA) is 66.0 Å². The summed E-state index contributed by atoms with van der Waals surface area (Å²) in [6.07, 6.45) is 0. The lowest BCUT2D eigenvalue weighted by molar-refractivity contribution is 0.290. The third-order valence-corrected chi connectivity index (χ3v) is 5.60. The highest BCUT2D eigenvalue weighted by Crippen LogP contribution is 2.24. The summed E-state index contributed by atoms with van der Waals surface area (Å²) in [6.45, 7) is 0.740. The second-order valence-corrected chi connectivity index (χ2v) is 7.77. The molecule has 2 aromatic heterocycles. The highest BCUT2D eigenvalue weighted by Gasteiger charge is 2.15. The summed E-state index contributed by atoms with van der Waals surface area (Å²) in [5.74, 6) is 2.62. The summed E-state index contributed by atoms with van der Waals surface area (Å²) >= 11 is 0. The van der Waals surface area contributed by atoms with E-state index in [9.17, 15) is 0 Å². The van der Waals surface area contributed by atoms with Gasteiger partial charge in [-0.2, -0.15) is 0 Å². The number of fused-ring (bicyclic) bond motifs is 2. The normalized spacial score (nSPS) is 11.3. The average molecular weight is 432 g/mol. The second kappa shape index (κ2) is 8.24. The number of hydrogen-bond donors (Lipinski definition) is 0. The molecule has 6 nitrogen and oxygen atoms in total. The molecule has 0 aliphatic carbocycles. The van der Waals surface area contributed by atoms with Gasteiger partial charge in [-0.1, -0.05) is 60.7 Å². The van der Waals surface area contributed by atoms with E-state index in [1.807, 2.05) is 78.9 Å². The molecule has 0 radical (unpaired) electrons. The quantitative estimate of drug-likeness (QED) is 0.329. The lowest BCUT2D eigenvalue weighted by Crippen LogP contribution is -2.08. The van der Waals surface area contributed by atoms with E-state index >= 15 is 0 Å². The Bertz CT molecular complexity index is 1550. The standard InChI is InChI=1S/C27H20N4O2/c1-2-9-20(10-3-1)27-30-29-26(33-27)17-31-24-13-7-6-12-23(24)28-25(31)18-32-22-15-14-19-8-4-5-11-21(19)16-22/h1-16H,17-18H2.